The fourth-order valence-corrected chi connectivity index (χ4v) is 2.68. The Labute approximate surface area is 98.6 Å². The predicted molar refractivity (Wildman–Crippen MR) is 65.7 cm³/mol. The van der Waals surface area contributed by atoms with Crippen LogP contribution < -0.4 is 5.14 Å². The molecule has 0 aromatic carbocycles. The Kier molecular flexibility index (Phi) is 5.17. The van der Waals surface area contributed by atoms with Gasteiger partial charge in [-0.15, -0.1) is 0 Å². The molecule has 6 heteroatoms. The summed E-state index contributed by atoms with van der Waals surface area (Å²) in [5.74, 6) is 0.0978. The minimum Gasteiger partial charge on any atom is -0.306 e. The number of piperidine rings is 1. The summed E-state index contributed by atoms with van der Waals surface area (Å²) >= 11 is 0. The Hall–Kier alpha value is -0.170. The summed E-state index contributed by atoms with van der Waals surface area (Å²) in [6, 6.07) is 0.675. The molecule has 1 saturated heterocycles. The Morgan fingerprint density at radius 2 is 1.88 bits per heavy atom. The van der Waals surface area contributed by atoms with Crippen molar-refractivity contribution in [1.82, 2.24) is 9.80 Å². The SMILES string of the molecule is CN(C)C1CCN(CCCS(N)(=O)=O)CC1. The van der Waals surface area contributed by atoms with Crippen molar-refractivity contribution in [1.29, 1.82) is 0 Å². The maximum atomic E-state index is 10.8. The molecule has 0 radical (unpaired) electrons. The quantitative estimate of drug-likeness (QED) is 0.726. The Balaban J connectivity index is 2.18. The standard InChI is InChI=1S/C10H23N3O2S/c1-12(2)10-4-7-13(8-5-10)6-3-9-16(11,14)15/h10H,3-9H2,1-2H3,(H2,11,14,15). The molecule has 16 heavy (non-hydrogen) atoms. The molecular weight excluding hydrogens is 226 g/mol. The zero-order chi connectivity index (χ0) is 12.2. The first-order chi connectivity index (χ1) is 7.38. The molecule has 1 heterocycles. The molecule has 0 aromatic rings. The van der Waals surface area contributed by atoms with Gasteiger partial charge in [0.25, 0.3) is 0 Å². The lowest BCUT2D eigenvalue weighted by molar-refractivity contribution is 0.145. The van der Waals surface area contributed by atoms with Crippen LogP contribution in [0.5, 0.6) is 0 Å². The van der Waals surface area contributed by atoms with Gasteiger partial charge in [-0.25, -0.2) is 13.6 Å². The lowest BCUT2D eigenvalue weighted by atomic mass is 10.0. The van der Waals surface area contributed by atoms with Crippen molar-refractivity contribution in [3.05, 3.63) is 0 Å². The number of sulfonamides is 1. The van der Waals surface area contributed by atoms with E-state index in [9.17, 15) is 8.42 Å². The summed E-state index contributed by atoms with van der Waals surface area (Å²) < 4.78 is 21.5. The molecule has 96 valence electrons. The first kappa shape index (κ1) is 13.9. The van der Waals surface area contributed by atoms with Crippen molar-refractivity contribution in [3.63, 3.8) is 0 Å². The summed E-state index contributed by atoms with van der Waals surface area (Å²) in [5, 5.41) is 4.96. The lowest BCUT2D eigenvalue weighted by Crippen LogP contribution is -2.42. The summed E-state index contributed by atoms with van der Waals surface area (Å²) in [6.07, 6.45) is 2.98. The number of hydrogen-bond acceptors (Lipinski definition) is 4. The van der Waals surface area contributed by atoms with Crippen LogP contribution in [0.3, 0.4) is 0 Å². The van der Waals surface area contributed by atoms with E-state index in [0.29, 0.717) is 12.5 Å². The van der Waals surface area contributed by atoms with E-state index >= 15 is 0 Å². The van der Waals surface area contributed by atoms with E-state index in [0.717, 1.165) is 19.6 Å². The van der Waals surface area contributed by atoms with Crippen molar-refractivity contribution < 1.29 is 8.42 Å². The van der Waals surface area contributed by atoms with Crippen molar-refractivity contribution in [3.8, 4) is 0 Å². The topological polar surface area (TPSA) is 66.6 Å². The van der Waals surface area contributed by atoms with Crippen LogP contribution in [-0.4, -0.2) is 63.7 Å². The highest BCUT2D eigenvalue weighted by molar-refractivity contribution is 7.89. The van der Waals surface area contributed by atoms with Crippen LogP contribution in [0.2, 0.25) is 0 Å². The van der Waals surface area contributed by atoms with Gasteiger partial charge in [0.15, 0.2) is 0 Å². The van der Waals surface area contributed by atoms with Gasteiger partial charge in [-0.1, -0.05) is 0 Å². The van der Waals surface area contributed by atoms with Crippen LogP contribution in [0.15, 0.2) is 0 Å². The van der Waals surface area contributed by atoms with Crippen LogP contribution in [0, 0.1) is 0 Å². The van der Waals surface area contributed by atoms with Crippen LogP contribution >= 0.6 is 0 Å². The van der Waals surface area contributed by atoms with E-state index in [1.54, 1.807) is 0 Å². The molecule has 0 bridgehead atoms. The molecule has 1 fully saturated rings. The highest BCUT2D eigenvalue weighted by Gasteiger charge is 2.20. The van der Waals surface area contributed by atoms with Crippen LogP contribution in [0.4, 0.5) is 0 Å². The summed E-state index contributed by atoms with van der Waals surface area (Å²) in [4.78, 5) is 4.59. The normalized spacial score (nSPS) is 20.5. The Bertz CT molecular complexity index is 295. The van der Waals surface area contributed by atoms with Crippen LogP contribution in [-0.2, 0) is 10.0 Å². The lowest BCUT2D eigenvalue weighted by Gasteiger charge is -2.35. The number of nitrogens with two attached hydrogens (primary N) is 1. The van der Waals surface area contributed by atoms with E-state index in [1.165, 1.54) is 12.8 Å². The third-order valence-electron chi connectivity index (χ3n) is 3.19. The Morgan fingerprint density at radius 3 is 2.31 bits per heavy atom. The van der Waals surface area contributed by atoms with E-state index in [2.05, 4.69) is 23.9 Å². The van der Waals surface area contributed by atoms with Crippen molar-refractivity contribution >= 4 is 10.0 Å². The van der Waals surface area contributed by atoms with Crippen molar-refractivity contribution in [2.24, 2.45) is 5.14 Å². The monoisotopic (exact) mass is 249 g/mol. The summed E-state index contributed by atoms with van der Waals surface area (Å²) in [5.41, 5.74) is 0. The van der Waals surface area contributed by atoms with Gasteiger partial charge in [0.1, 0.15) is 0 Å². The highest BCUT2D eigenvalue weighted by atomic mass is 32.2. The molecule has 2 N–H and O–H groups in total. The van der Waals surface area contributed by atoms with Gasteiger partial charge in [-0.3, -0.25) is 0 Å². The third kappa shape index (κ3) is 5.25. The first-order valence-corrected chi connectivity index (χ1v) is 7.49. The van der Waals surface area contributed by atoms with E-state index in [-0.39, 0.29) is 5.75 Å². The zero-order valence-electron chi connectivity index (χ0n) is 10.2. The average Bonchev–Trinajstić information content (AvgIpc) is 2.16. The van der Waals surface area contributed by atoms with Gasteiger partial charge < -0.3 is 9.80 Å². The van der Waals surface area contributed by atoms with E-state index in [1.807, 2.05) is 0 Å². The molecule has 0 aromatic heterocycles. The van der Waals surface area contributed by atoms with Gasteiger partial charge in [-0.2, -0.15) is 0 Å². The summed E-state index contributed by atoms with van der Waals surface area (Å²) in [7, 11) is 0.941. The average molecular weight is 249 g/mol. The molecular formula is C10H23N3O2S. The second-order valence-electron chi connectivity index (χ2n) is 4.76. The van der Waals surface area contributed by atoms with Crippen LogP contribution in [0.1, 0.15) is 19.3 Å². The Morgan fingerprint density at radius 1 is 1.31 bits per heavy atom. The number of hydrogen-bond donors (Lipinski definition) is 1. The predicted octanol–water partition coefficient (Wildman–Crippen LogP) is -0.309. The minimum atomic E-state index is -3.28. The summed E-state index contributed by atoms with van der Waals surface area (Å²) in [6.45, 7) is 2.97. The molecule has 0 atom stereocenters. The molecule has 0 unspecified atom stereocenters. The fraction of sp³-hybridized carbons (Fsp3) is 1.00. The largest absolute Gasteiger partial charge is 0.306 e. The van der Waals surface area contributed by atoms with Gasteiger partial charge in [0.2, 0.25) is 10.0 Å². The molecule has 1 aliphatic heterocycles. The van der Waals surface area contributed by atoms with Crippen LogP contribution in [0.25, 0.3) is 0 Å². The van der Waals surface area contributed by atoms with Crippen molar-refractivity contribution in [2.75, 3.05) is 39.5 Å². The number of likely N-dealkylation sites (tertiary alicyclic amines) is 1. The second-order valence-corrected chi connectivity index (χ2v) is 6.49. The van der Waals surface area contributed by atoms with Gasteiger partial charge in [0.05, 0.1) is 5.75 Å². The molecule has 0 amide bonds. The smallest absolute Gasteiger partial charge is 0.209 e. The second kappa shape index (κ2) is 5.95. The molecule has 0 saturated carbocycles. The fourth-order valence-electron chi connectivity index (χ4n) is 2.15. The van der Waals surface area contributed by atoms with Gasteiger partial charge >= 0.3 is 0 Å². The minimum absolute atomic E-state index is 0.0978. The molecule has 1 aliphatic rings. The first-order valence-electron chi connectivity index (χ1n) is 5.78. The van der Waals surface area contributed by atoms with E-state index < -0.39 is 10.0 Å². The maximum Gasteiger partial charge on any atom is 0.209 e. The highest BCUT2D eigenvalue weighted by Crippen LogP contribution is 2.14. The molecule has 1 rings (SSSR count). The molecule has 5 nitrogen and oxygen atoms in total. The number of primary sulfonamides is 1. The number of nitrogens with zero attached hydrogens (tertiary/aromatic N) is 2. The maximum absolute atomic E-state index is 10.8. The molecule has 0 aliphatic carbocycles. The number of rotatable bonds is 5. The zero-order valence-corrected chi connectivity index (χ0v) is 11.0. The van der Waals surface area contributed by atoms with E-state index in [4.69, 9.17) is 5.14 Å². The van der Waals surface area contributed by atoms with Gasteiger partial charge in [-0.05, 0) is 53.0 Å². The van der Waals surface area contributed by atoms with Crippen molar-refractivity contribution in [2.45, 2.75) is 25.3 Å². The third-order valence-corrected chi connectivity index (χ3v) is 4.05. The van der Waals surface area contributed by atoms with Gasteiger partial charge in [0, 0.05) is 6.04 Å². The molecule has 0 spiro atoms.